The van der Waals surface area contributed by atoms with E-state index in [-0.39, 0.29) is 0 Å². The van der Waals surface area contributed by atoms with Crippen molar-refractivity contribution in [1.29, 1.82) is 0 Å². The number of anilines is 2. The Morgan fingerprint density at radius 2 is 2.00 bits per heavy atom. The summed E-state index contributed by atoms with van der Waals surface area (Å²) >= 11 is 1.50. The molecule has 0 atom stereocenters. The van der Waals surface area contributed by atoms with Crippen molar-refractivity contribution in [3.63, 3.8) is 0 Å². The third kappa shape index (κ3) is 5.55. The highest BCUT2D eigenvalue weighted by Gasteiger charge is 2.02. The summed E-state index contributed by atoms with van der Waals surface area (Å²) < 4.78 is 0. The first-order valence-corrected chi connectivity index (χ1v) is 7.51. The van der Waals surface area contributed by atoms with Crippen LogP contribution in [0.2, 0.25) is 0 Å². The number of hydrazine groups is 1. The van der Waals surface area contributed by atoms with Gasteiger partial charge in [-0.25, -0.2) is 15.8 Å². The van der Waals surface area contributed by atoms with Crippen LogP contribution in [0, 0.1) is 5.92 Å². The van der Waals surface area contributed by atoms with E-state index >= 15 is 0 Å². The molecule has 1 rings (SSSR count). The van der Waals surface area contributed by atoms with Gasteiger partial charge < -0.3 is 10.7 Å². The lowest BCUT2D eigenvalue weighted by molar-refractivity contribution is 0.544. The number of nitrogen functional groups attached to an aromatic ring is 1. The number of hydrogen-bond donors (Lipinski definition) is 3. The fraction of sp³-hybridized carbons (Fsp3) is 0.667. The van der Waals surface area contributed by atoms with Gasteiger partial charge in [0.2, 0.25) is 0 Å². The quantitative estimate of drug-likeness (QED) is 0.221. The van der Waals surface area contributed by atoms with E-state index in [2.05, 4.69) is 34.6 Å². The van der Waals surface area contributed by atoms with Crippen LogP contribution in [-0.4, -0.2) is 22.8 Å². The minimum Gasteiger partial charge on any atom is -0.370 e. The van der Waals surface area contributed by atoms with Crippen molar-refractivity contribution in [2.75, 3.05) is 23.5 Å². The summed E-state index contributed by atoms with van der Waals surface area (Å²) in [6, 6.07) is 1.82. The molecule has 0 fully saturated rings. The van der Waals surface area contributed by atoms with E-state index in [0.29, 0.717) is 5.82 Å². The minimum absolute atomic E-state index is 0.638. The van der Waals surface area contributed by atoms with Crippen molar-refractivity contribution >= 4 is 23.4 Å². The van der Waals surface area contributed by atoms with Gasteiger partial charge in [-0.05, 0) is 18.6 Å². The smallest absolute Gasteiger partial charge is 0.191 e. The summed E-state index contributed by atoms with van der Waals surface area (Å²) in [5.41, 5.74) is 2.55. The van der Waals surface area contributed by atoms with Gasteiger partial charge in [-0.2, -0.15) is 0 Å². The highest BCUT2D eigenvalue weighted by atomic mass is 32.2. The summed E-state index contributed by atoms with van der Waals surface area (Å²) in [5.74, 6) is 7.62. The molecule has 0 saturated carbocycles. The summed E-state index contributed by atoms with van der Waals surface area (Å²) in [4.78, 5) is 8.59. The molecule has 18 heavy (non-hydrogen) atoms. The van der Waals surface area contributed by atoms with Gasteiger partial charge in [0.25, 0.3) is 0 Å². The SMILES string of the molecule is CSc1nc(NN)cc(NCCCCC(C)C)n1. The number of thioether (sulfide) groups is 1. The van der Waals surface area contributed by atoms with Gasteiger partial charge in [-0.1, -0.05) is 38.5 Å². The van der Waals surface area contributed by atoms with Gasteiger partial charge in [0.1, 0.15) is 11.6 Å². The van der Waals surface area contributed by atoms with Gasteiger partial charge in [-0.3, -0.25) is 0 Å². The van der Waals surface area contributed by atoms with E-state index in [1.54, 1.807) is 0 Å². The fourth-order valence-electron chi connectivity index (χ4n) is 1.57. The molecule has 0 amide bonds. The van der Waals surface area contributed by atoms with Crippen LogP contribution in [0.15, 0.2) is 11.2 Å². The maximum atomic E-state index is 5.37. The first-order chi connectivity index (χ1) is 8.65. The standard InChI is InChI=1S/C12H23N5S/c1-9(2)6-4-5-7-14-10-8-11(17-13)16-12(15-10)18-3/h8-9H,4-7,13H2,1-3H3,(H2,14,15,16,17). The van der Waals surface area contributed by atoms with Crippen LogP contribution >= 0.6 is 11.8 Å². The predicted molar refractivity (Wildman–Crippen MR) is 78.8 cm³/mol. The molecule has 0 spiro atoms. The second kappa shape index (κ2) is 8.16. The maximum absolute atomic E-state index is 5.37. The molecule has 0 aromatic carbocycles. The second-order valence-electron chi connectivity index (χ2n) is 4.59. The molecule has 0 saturated heterocycles. The van der Waals surface area contributed by atoms with Crippen LogP contribution in [-0.2, 0) is 0 Å². The summed E-state index contributed by atoms with van der Waals surface area (Å²) in [6.45, 7) is 5.44. The zero-order valence-corrected chi connectivity index (χ0v) is 12.2. The molecule has 0 bridgehead atoms. The largest absolute Gasteiger partial charge is 0.370 e. The van der Waals surface area contributed by atoms with Crippen molar-refractivity contribution in [2.45, 2.75) is 38.3 Å². The molecular formula is C12H23N5S. The first kappa shape index (κ1) is 15.0. The van der Waals surface area contributed by atoms with Crippen molar-refractivity contribution in [3.05, 3.63) is 6.07 Å². The van der Waals surface area contributed by atoms with Crippen LogP contribution in [0.25, 0.3) is 0 Å². The minimum atomic E-state index is 0.638. The molecular weight excluding hydrogens is 246 g/mol. The number of hydrogen-bond acceptors (Lipinski definition) is 6. The lowest BCUT2D eigenvalue weighted by Crippen LogP contribution is -2.11. The molecule has 1 aromatic heterocycles. The Kier molecular flexibility index (Phi) is 6.82. The molecule has 0 radical (unpaired) electrons. The molecule has 1 heterocycles. The lowest BCUT2D eigenvalue weighted by atomic mass is 10.1. The van der Waals surface area contributed by atoms with Crippen LogP contribution in [0.3, 0.4) is 0 Å². The Morgan fingerprint density at radius 1 is 1.28 bits per heavy atom. The molecule has 1 aromatic rings. The number of unbranched alkanes of at least 4 members (excludes halogenated alkanes) is 1. The number of aromatic nitrogens is 2. The van der Waals surface area contributed by atoms with Crippen molar-refractivity contribution in [3.8, 4) is 0 Å². The number of nitrogens with one attached hydrogen (secondary N) is 2. The monoisotopic (exact) mass is 269 g/mol. The average molecular weight is 269 g/mol. The second-order valence-corrected chi connectivity index (χ2v) is 5.36. The number of nitrogens with two attached hydrogens (primary N) is 1. The third-order valence-electron chi connectivity index (χ3n) is 2.55. The van der Waals surface area contributed by atoms with Crippen LogP contribution in [0.1, 0.15) is 33.1 Å². The number of nitrogens with zero attached hydrogens (tertiary/aromatic N) is 2. The normalized spacial score (nSPS) is 10.7. The van der Waals surface area contributed by atoms with E-state index in [0.717, 1.165) is 29.9 Å². The van der Waals surface area contributed by atoms with Crippen LogP contribution in [0.5, 0.6) is 0 Å². The topological polar surface area (TPSA) is 75.9 Å². The van der Waals surface area contributed by atoms with Gasteiger partial charge in [0.05, 0.1) is 0 Å². The molecule has 6 heteroatoms. The Bertz CT molecular complexity index is 334. The number of rotatable bonds is 8. The molecule has 0 aliphatic heterocycles. The molecule has 102 valence electrons. The highest BCUT2D eigenvalue weighted by molar-refractivity contribution is 7.98. The van der Waals surface area contributed by atoms with Crippen molar-refractivity contribution < 1.29 is 0 Å². The Labute approximate surface area is 113 Å². The Hall–Kier alpha value is -1.01. The summed E-state index contributed by atoms with van der Waals surface area (Å²) in [6.07, 6.45) is 5.62. The molecule has 0 aliphatic rings. The average Bonchev–Trinajstić information content (AvgIpc) is 2.37. The van der Waals surface area contributed by atoms with E-state index in [1.165, 1.54) is 24.6 Å². The molecule has 4 N–H and O–H groups in total. The fourth-order valence-corrected chi connectivity index (χ4v) is 1.95. The van der Waals surface area contributed by atoms with E-state index < -0.39 is 0 Å². The Balaban J connectivity index is 2.41. The first-order valence-electron chi connectivity index (χ1n) is 6.29. The highest BCUT2D eigenvalue weighted by Crippen LogP contribution is 2.16. The van der Waals surface area contributed by atoms with Crippen LogP contribution in [0.4, 0.5) is 11.6 Å². The summed E-state index contributed by atoms with van der Waals surface area (Å²) in [5, 5.41) is 4.03. The molecule has 5 nitrogen and oxygen atoms in total. The van der Waals surface area contributed by atoms with Gasteiger partial charge in [0, 0.05) is 12.6 Å². The maximum Gasteiger partial charge on any atom is 0.191 e. The van der Waals surface area contributed by atoms with Gasteiger partial charge in [0.15, 0.2) is 5.16 Å². The lowest BCUT2D eigenvalue weighted by Gasteiger charge is -2.09. The third-order valence-corrected chi connectivity index (χ3v) is 3.10. The predicted octanol–water partition coefficient (Wildman–Crippen LogP) is 2.72. The zero-order valence-electron chi connectivity index (χ0n) is 11.4. The van der Waals surface area contributed by atoms with E-state index in [1.807, 2.05) is 12.3 Å². The Morgan fingerprint density at radius 3 is 2.61 bits per heavy atom. The van der Waals surface area contributed by atoms with Crippen molar-refractivity contribution in [2.24, 2.45) is 11.8 Å². The summed E-state index contributed by atoms with van der Waals surface area (Å²) in [7, 11) is 0. The van der Waals surface area contributed by atoms with Gasteiger partial charge in [-0.15, -0.1) is 0 Å². The van der Waals surface area contributed by atoms with Gasteiger partial charge >= 0.3 is 0 Å². The molecule has 0 aliphatic carbocycles. The van der Waals surface area contributed by atoms with E-state index in [9.17, 15) is 0 Å². The zero-order chi connectivity index (χ0) is 13.4. The van der Waals surface area contributed by atoms with Crippen molar-refractivity contribution in [1.82, 2.24) is 9.97 Å². The van der Waals surface area contributed by atoms with Crippen LogP contribution < -0.4 is 16.6 Å². The molecule has 0 unspecified atom stereocenters. The van der Waals surface area contributed by atoms with E-state index in [4.69, 9.17) is 5.84 Å².